The second-order valence-electron chi connectivity index (χ2n) is 5.57. The van der Waals surface area contributed by atoms with Crippen molar-refractivity contribution >= 4 is 32.6 Å². The number of methoxy groups -OCH3 is 1. The SMILES string of the molecule is COc1cccc2sc(N3CC(C(=O)NC(C)C)C3)nc12. The smallest absolute Gasteiger partial charge is 0.226 e. The average Bonchev–Trinajstić information content (AvgIpc) is 2.78. The van der Waals surface area contributed by atoms with Crippen LogP contribution >= 0.6 is 11.3 Å². The Balaban J connectivity index is 1.71. The minimum absolute atomic E-state index is 0.0707. The highest BCUT2D eigenvalue weighted by Gasteiger charge is 2.34. The van der Waals surface area contributed by atoms with Crippen LogP contribution in [0.15, 0.2) is 18.2 Å². The number of hydrogen-bond donors (Lipinski definition) is 1. The van der Waals surface area contributed by atoms with E-state index in [2.05, 4.69) is 15.2 Å². The zero-order valence-corrected chi connectivity index (χ0v) is 13.2. The Morgan fingerprint density at radius 3 is 2.90 bits per heavy atom. The zero-order chi connectivity index (χ0) is 15.0. The summed E-state index contributed by atoms with van der Waals surface area (Å²) in [7, 11) is 1.66. The van der Waals surface area contributed by atoms with Crippen LogP contribution in [-0.4, -0.2) is 37.1 Å². The van der Waals surface area contributed by atoms with E-state index in [0.29, 0.717) is 0 Å². The molecule has 0 radical (unpaired) electrons. The molecule has 0 atom stereocenters. The molecule has 1 amide bonds. The number of carbonyl (C=O) groups excluding carboxylic acids is 1. The third-order valence-electron chi connectivity index (χ3n) is 3.54. The van der Waals surface area contributed by atoms with Gasteiger partial charge in [0.25, 0.3) is 0 Å². The molecule has 5 nitrogen and oxygen atoms in total. The highest BCUT2D eigenvalue weighted by atomic mass is 32.1. The third-order valence-corrected chi connectivity index (χ3v) is 4.63. The summed E-state index contributed by atoms with van der Waals surface area (Å²) in [5, 5.41) is 3.92. The Hall–Kier alpha value is -1.82. The lowest BCUT2D eigenvalue weighted by molar-refractivity contribution is -0.126. The Kier molecular flexibility index (Phi) is 3.71. The van der Waals surface area contributed by atoms with E-state index in [1.54, 1.807) is 18.4 Å². The Bertz CT molecular complexity index is 662. The van der Waals surface area contributed by atoms with Crippen molar-refractivity contribution < 1.29 is 9.53 Å². The molecule has 1 N–H and O–H groups in total. The van der Waals surface area contributed by atoms with Crippen LogP contribution in [0.1, 0.15) is 13.8 Å². The van der Waals surface area contributed by atoms with E-state index >= 15 is 0 Å². The van der Waals surface area contributed by atoms with Crippen LogP contribution in [0.5, 0.6) is 5.75 Å². The molecule has 3 rings (SSSR count). The normalized spacial score (nSPS) is 15.3. The van der Waals surface area contributed by atoms with Crippen LogP contribution in [0.3, 0.4) is 0 Å². The standard InChI is InChI=1S/C15H19N3O2S/c1-9(2)16-14(19)10-7-18(8-10)15-17-13-11(20-3)5-4-6-12(13)21-15/h4-6,9-10H,7-8H2,1-3H3,(H,16,19). The van der Waals surface area contributed by atoms with Crippen molar-refractivity contribution in [3.63, 3.8) is 0 Å². The maximum absolute atomic E-state index is 11.9. The molecular weight excluding hydrogens is 286 g/mol. The maximum atomic E-state index is 11.9. The summed E-state index contributed by atoms with van der Waals surface area (Å²) < 4.78 is 6.45. The number of rotatable bonds is 4. The number of fused-ring (bicyclic) bond motifs is 1. The van der Waals surface area contributed by atoms with Gasteiger partial charge < -0.3 is 15.0 Å². The number of aromatic nitrogens is 1. The summed E-state index contributed by atoms with van der Waals surface area (Å²) in [6.07, 6.45) is 0. The lowest BCUT2D eigenvalue weighted by atomic mass is 10.00. The van der Waals surface area contributed by atoms with Gasteiger partial charge in [0, 0.05) is 19.1 Å². The van der Waals surface area contributed by atoms with Crippen LogP contribution in [-0.2, 0) is 4.79 Å². The summed E-state index contributed by atoms with van der Waals surface area (Å²) in [5.74, 6) is 1.01. The molecule has 112 valence electrons. The first kappa shape index (κ1) is 14.1. The molecule has 1 aromatic heterocycles. The molecule has 1 aromatic carbocycles. The van der Waals surface area contributed by atoms with Gasteiger partial charge in [0.1, 0.15) is 11.3 Å². The molecule has 0 aliphatic carbocycles. The van der Waals surface area contributed by atoms with Crippen LogP contribution in [0.4, 0.5) is 5.13 Å². The second kappa shape index (κ2) is 5.52. The largest absolute Gasteiger partial charge is 0.494 e. The van der Waals surface area contributed by atoms with Crippen LogP contribution in [0.25, 0.3) is 10.2 Å². The van der Waals surface area contributed by atoms with Gasteiger partial charge in [-0.25, -0.2) is 4.98 Å². The molecule has 2 heterocycles. The molecule has 1 aliphatic rings. The minimum atomic E-state index is 0.0707. The lowest BCUT2D eigenvalue weighted by Crippen LogP contribution is -2.54. The molecule has 0 saturated carbocycles. The highest BCUT2D eigenvalue weighted by molar-refractivity contribution is 7.22. The van der Waals surface area contributed by atoms with E-state index < -0.39 is 0 Å². The number of nitrogens with one attached hydrogen (secondary N) is 1. The Morgan fingerprint density at radius 1 is 1.48 bits per heavy atom. The van der Waals surface area contributed by atoms with Crippen molar-refractivity contribution in [1.82, 2.24) is 10.3 Å². The van der Waals surface area contributed by atoms with E-state index in [1.807, 2.05) is 32.0 Å². The molecule has 6 heteroatoms. The first-order chi connectivity index (χ1) is 10.1. The number of nitrogens with zero attached hydrogens (tertiary/aromatic N) is 2. The lowest BCUT2D eigenvalue weighted by Gasteiger charge is -2.38. The van der Waals surface area contributed by atoms with Crippen LogP contribution in [0, 0.1) is 5.92 Å². The van der Waals surface area contributed by atoms with Gasteiger partial charge in [0.2, 0.25) is 5.91 Å². The molecule has 1 saturated heterocycles. The number of amides is 1. The summed E-state index contributed by atoms with van der Waals surface area (Å²) in [6.45, 7) is 5.43. The Morgan fingerprint density at radius 2 is 2.24 bits per heavy atom. The van der Waals surface area contributed by atoms with Crippen molar-refractivity contribution in [3.8, 4) is 5.75 Å². The van der Waals surface area contributed by atoms with Crippen molar-refractivity contribution in [1.29, 1.82) is 0 Å². The number of para-hydroxylation sites is 1. The summed E-state index contributed by atoms with van der Waals surface area (Å²) in [5.41, 5.74) is 0.898. The van der Waals surface area contributed by atoms with Gasteiger partial charge in [-0.1, -0.05) is 17.4 Å². The molecule has 0 bridgehead atoms. The van der Waals surface area contributed by atoms with E-state index in [9.17, 15) is 4.79 Å². The first-order valence-electron chi connectivity index (χ1n) is 7.07. The number of anilines is 1. The fraction of sp³-hybridized carbons (Fsp3) is 0.467. The minimum Gasteiger partial charge on any atom is -0.494 e. The van der Waals surface area contributed by atoms with E-state index in [-0.39, 0.29) is 17.9 Å². The number of carbonyl (C=O) groups is 1. The fourth-order valence-electron chi connectivity index (χ4n) is 2.41. The van der Waals surface area contributed by atoms with Crippen LogP contribution < -0.4 is 15.0 Å². The number of thiazole rings is 1. The van der Waals surface area contributed by atoms with Crippen LogP contribution in [0.2, 0.25) is 0 Å². The topological polar surface area (TPSA) is 54.5 Å². The van der Waals surface area contributed by atoms with Gasteiger partial charge in [0.05, 0.1) is 17.7 Å². The number of benzene rings is 1. The second-order valence-corrected chi connectivity index (χ2v) is 6.58. The van der Waals surface area contributed by atoms with Crippen molar-refractivity contribution in [3.05, 3.63) is 18.2 Å². The molecule has 2 aromatic rings. The Labute approximate surface area is 127 Å². The monoisotopic (exact) mass is 305 g/mol. The number of hydrogen-bond acceptors (Lipinski definition) is 5. The van der Waals surface area contributed by atoms with Crippen molar-refractivity contribution in [2.45, 2.75) is 19.9 Å². The van der Waals surface area contributed by atoms with Gasteiger partial charge in [-0.15, -0.1) is 0 Å². The molecule has 1 aliphatic heterocycles. The zero-order valence-electron chi connectivity index (χ0n) is 12.4. The van der Waals surface area contributed by atoms with Crippen molar-refractivity contribution in [2.75, 3.05) is 25.1 Å². The molecule has 1 fully saturated rings. The molecule has 0 unspecified atom stereocenters. The first-order valence-corrected chi connectivity index (χ1v) is 7.89. The van der Waals surface area contributed by atoms with E-state index in [4.69, 9.17) is 4.74 Å². The number of ether oxygens (including phenoxy) is 1. The summed E-state index contributed by atoms with van der Waals surface area (Å²) >= 11 is 1.64. The molecular formula is C15H19N3O2S. The van der Waals surface area contributed by atoms with E-state index in [0.717, 1.165) is 34.2 Å². The predicted molar refractivity (Wildman–Crippen MR) is 85.2 cm³/mol. The van der Waals surface area contributed by atoms with Gasteiger partial charge in [-0.05, 0) is 26.0 Å². The predicted octanol–water partition coefficient (Wildman–Crippen LogP) is 2.27. The molecule has 0 spiro atoms. The van der Waals surface area contributed by atoms with Gasteiger partial charge in [-0.2, -0.15) is 0 Å². The van der Waals surface area contributed by atoms with Gasteiger partial charge in [0.15, 0.2) is 5.13 Å². The average molecular weight is 305 g/mol. The third kappa shape index (κ3) is 2.68. The van der Waals surface area contributed by atoms with Crippen molar-refractivity contribution in [2.24, 2.45) is 5.92 Å². The summed E-state index contributed by atoms with van der Waals surface area (Å²) in [6, 6.07) is 6.12. The maximum Gasteiger partial charge on any atom is 0.226 e. The highest BCUT2D eigenvalue weighted by Crippen LogP contribution is 2.36. The quantitative estimate of drug-likeness (QED) is 0.941. The molecule has 21 heavy (non-hydrogen) atoms. The van der Waals surface area contributed by atoms with Gasteiger partial charge >= 0.3 is 0 Å². The van der Waals surface area contributed by atoms with E-state index in [1.165, 1.54) is 0 Å². The fourth-order valence-corrected chi connectivity index (χ4v) is 3.42. The van der Waals surface area contributed by atoms with Gasteiger partial charge in [-0.3, -0.25) is 4.79 Å². The summed E-state index contributed by atoms with van der Waals surface area (Å²) in [4.78, 5) is 18.7.